The predicted molar refractivity (Wildman–Crippen MR) is 95.2 cm³/mol. The van der Waals surface area contributed by atoms with Gasteiger partial charge in [-0.25, -0.2) is 4.79 Å². The van der Waals surface area contributed by atoms with Crippen molar-refractivity contribution in [2.45, 2.75) is 52.7 Å². The maximum absolute atomic E-state index is 12.4. The topological polar surface area (TPSA) is 61.8 Å². The average Bonchev–Trinajstić information content (AvgIpc) is 2.58. The van der Waals surface area contributed by atoms with E-state index in [0.717, 1.165) is 36.1 Å². The van der Waals surface area contributed by atoms with Gasteiger partial charge in [0.25, 0.3) is 0 Å². The summed E-state index contributed by atoms with van der Waals surface area (Å²) in [6.45, 7) is 8.49. The Balaban J connectivity index is 1.88. The number of carbonyl (C=O) groups is 1. The molecular weight excluding hydrogens is 304 g/mol. The molecule has 1 fully saturated rings. The number of urea groups is 1. The van der Waals surface area contributed by atoms with E-state index in [4.69, 9.17) is 4.74 Å². The lowest BCUT2D eigenvalue weighted by molar-refractivity contribution is 0.0798. The van der Waals surface area contributed by atoms with Crippen molar-refractivity contribution in [3.05, 3.63) is 29.3 Å². The van der Waals surface area contributed by atoms with Crippen molar-refractivity contribution in [1.82, 2.24) is 10.2 Å². The summed E-state index contributed by atoms with van der Waals surface area (Å²) >= 11 is 0. The summed E-state index contributed by atoms with van der Waals surface area (Å²) in [6, 6.07) is 6.03. The number of benzene rings is 1. The summed E-state index contributed by atoms with van der Waals surface area (Å²) in [4.78, 5) is 14.2. The molecule has 2 amide bonds. The summed E-state index contributed by atoms with van der Waals surface area (Å²) in [5.74, 6) is 1.16. The van der Waals surface area contributed by atoms with Gasteiger partial charge in [0.05, 0.1) is 12.7 Å². The van der Waals surface area contributed by atoms with Gasteiger partial charge >= 0.3 is 6.03 Å². The molecule has 0 aromatic heterocycles. The molecule has 0 spiro atoms. The normalized spacial score (nSPS) is 16.8. The van der Waals surface area contributed by atoms with Crippen LogP contribution in [0.4, 0.5) is 4.79 Å². The first kappa shape index (κ1) is 18.6. The maximum atomic E-state index is 12.4. The van der Waals surface area contributed by atoms with Crippen LogP contribution < -0.4 is 10.1 Å². The second kappa shape index (κ2) is 8.92. The summed E-state index contributed by atoms with van der Waals surface area (Å²) in [6.07, 6.45) is 2.39. The number of ether oxygens (including phenoxy) is 1. The largest absolute Gasteiger partial charge is 0.493 e. The number of aryl methyl sites for hydroxylation is 1. The highest BCUT2D eigenvalue weighted by Gasteiger charge is 2.25. The van der Waals surface area contributed by atoms with Crippen molar-refractivity contribution in [3.8, 4) is 5.75 Å². The highest BCUT2D eigenvalue weighted by atomic mass is 16.5. The fourth-order valence-electron chi connectivity index (χ4n) is 3.02. The van der Waals surface area contributed by atoms with Crippen LogP contribution in [0.25, 0.3) is 0 Å². The molecule has 2 rings (SSSR count). The quantitative estimate of drug-likeness (QED) is 0.840. The van der Waals surface area contributed by atoms with Crippen LogP contribution >= 0.6 is 0 Å². The van der Waals surface area contributed by atoms with Gasteiger partial charge in [0.1, 0.15) is 5.75 Å². The van der Waals surface area contributed by atoms with E-state index in [1.165, 1.54) is 0 Å². The van der Waals surface area contributed by atoms with Crippen LogP contribution in [0, 0.1) is 12.8 Å². The molecule has 2 N–H and O–H groups in total. The molecule has 1 saturated heterocycles. The molecule has 134 valence electrons. The van der Waals surface area contributed by atoms with Gasteiger partial charge in [0.2, 0.25) is 0 Å². The molecular formula is C19H30N2O3. The summed E-state index contributed by atoms with van der Waals surface area (Å²) in [5.41, 5.74) is 2.15. The van der Waals surface area contributed by atoms with E-state index in [2.05, 4.69) is 12.2 Å². The predicted octanol–water partition coefficient (Wildman–Crippen LogP) is 3.09. The number of likely N-dealkylation sites (tertiary alicyclic amines) is 1. The minimum absolute atomic E-state index is 0.0407. The van der Waals surface area contributed by atoms with Crippen molar-refractivity contribution in [3.63, 3.8) is 0 Å². The molecule has 1 aromatic rings. The molecule has 1 unspecified atom stereocenters. The number of nitrogens with one attached hydrogen (secondary N) is 1. The van der Waals surface area contributed by atoms with Crippen LogP contribution in [0.1, 0.15) is 44.2 Å². The van der Waals surface area contributed by atoms with Crippen molar-refractivity contribution < 1.29 is 14.6 Å². The third-order valence-electron chi connectivity index (χ3n) is 4.62. The number of piperidine rings is 1. The Labute approximate surface area is 145 Å². The van der Waals surface area contributed by atoms with Gasteiger partial charge in [-0.2, -0.15) is 0 Å². The second-order valence-electron chi connectivity index (χ2n) is 6.68. The van der Waals surface area contributed by atoms with E-state index in [1.54, 1.807) is 0 Å². The molecule has 0 saturated carbocycles. The van der Waals surface area contributed by atoms with Crippen LogP contribution in [0.15, 0.2) is 18.2 Å². The van der Waals surface area contributed by atoms with Crippen LogP contribution in [-0.4, -0.2) is 41.8 Å². The van der Waals surface area contributed by atoms with Gasteiger partial charge in [-0.15, -0.1) is 0 Å². The Morgan fingerprint density at radius 1 is 1.42 bits per heavy atom. The van der Waals surface area contributed by atoms with E-state index in [-0.39, 0.29) is 12.1 Å². The fourth-order valence-corrected chi connectivity index (χ4v) is 3.02. The monoisotopic (exact) mass is 334 g/mol. The molecule has 1 aliphatic heterocycles. The molecule has 1 aliphatic rings. The lowest BCUT2D eigenvalue weighted by atomic mass is 9.92. The van der Waals surface area contributed by atoms with Crippen molar-refractivity contribution >= 4 is 6.03 Å². The highest BCUT2D eigenvalue weighted by molar-refractivity contribution is 5.74. The van der Waals surface area contributed by atoms with Gasteiger partial charge in [0.15, 0.2) is 0 Å². The molecule has 5 heteroatoms. The van der Waals surface area contributed by atoms with Gasteiger partial charge in [-0.1, -0.05) is 19.1 Å². The number of nitrogens with zero attached hydrogens (tertiary/aromatic N) is 1. The number of amides is 2. The fraction of sp³-hybridized carbons (Fsp3) is 0.632. The minimum atomic E-state index is -0.291. The molecule has 0 aliphatic carbocycles. The molecule has 1 heterocycles. The van der Waals surface area contributed by atoms with E-state index < -0.39 is 0 Å². The van der Waals surface area contributed by atoms with Gasteiger partial charge in [-0.3, -0.25) is 0 Å². The Kier molecular flexibility index (Phi) is 6.91. The summed E-state index contributed by atoms with van der Waals surface area (Å²) in [5, 5.41) is 12.6. The first-order valence-electron chi connectivity index (χ1n) is 8.94. The second-order valence-corrected chi connectivity index (χ2v) is 6.68. The van der Waals surface area contributed by atoms with Crippen molar-refractivity contribution in [1.29, 1.82) is 0 Å². The molecule has 0 bridgehead atoms. The number of hydrogen-bond donors (Lipinski definition) is 2. The van der Waals surface area contributed by atoms with Crippen LogP contribution in [0.2, 0.25) is 0 Å². The number of rotatable bonds is 6. The van der Waals surface area contributed by atoms with E-state index in [1.807, 2.05) is 36.9 Å². The van der Waals surface area contributed by atoms with Crippen LogP contribution in [-0.2, 0) is 6.54 Å². The minimum Gasteiger partial charge on any atom is -0.493 e. The molecule has 24 heavy (non-hydrogen) atoms. The number of carbonyl (C=O) groups excluding carboxylic acids is 1. The average molecular weight is 334 g/mol. The third-order valence-corrected chi connectivity index (χ3v) is 4.62. The Hall–Kier alpha value is -1.75. The first-order valence-corrected chi connectivity index (χ1v) is 8.94. The van der Waals surface area contributed by atoms with Gasteiger partial charge < -0.3 is 20.1 Å². The van der Waals surface area contributed by atoms with Gasteiger partial charge in [-0.05, 0) is 50.7 Å². The van der Waals surface area contributed by atoms with Crippen LogP contribution in [0.5, 0.6) is 5.75 Å². The third kappa shape index (κ3) is 5.13. The zero-order valence-electron chi connectivity index (χ0n) is 15.0. The Bertz CT molecular complexity index is 537. The molecule has 5 nitrogen and oxygen atoms in total. The zero-order chi connectivity index (χ0) is 17.5. The smallest absolute Gasteiger partial charge is 0.317 e. The van der Waals surface area contributed by atoms with Crippen molar-refractivity contribution in [2.75, 3.05) is 19.7 Å². The lowest BCUT2D eigenvalue weighted by Gasteiger charge is -2.33. The number of aliphatic hydroxyl groups is 1. The highest BCUT2D eigenvalue weighted by Crippen LogP contribution is 2.22. The molecule has 1 aromatic carbocycles. The van der Waals surface area contributed by atoms with Gasteiger partial charge in [0, 0.05) is 25.2 Å². The molecule has 0 radical (unpaired) electrons. The van der Waals surface area contributed by atoms with E-state index in [9.17, 15) is 9.90 Å². The zero-order valence-corrected chi connectivity index (χ0v) is 15.0. The van der Waals surface area contributed by atoms with Crippen LogP contribution in [0.3, 0.4) is 0 Å². The SMILES string of the molecule is CCCOc1cc(C)ccc1CNC(=O)N1CCC(C(C)O)CC1. The first-order chi connectivity index (χ1) is 11.5. The standard InChI is InChI=1S/C19H30N2O3/c1-4-11-24-18-12-14(2)5-6-17(18)13-20-19(23)21-9-7-16(8-10-21)15(3)22/h5-6,12,15-16,22H,4,7-11,13H2,1-3H3,(H,20,23). The summed E-state index contributed by atoms with van der Waals surface area (Å²) < 4.78 is 5.79. The number of aliphatic hydroxyl groups excluding tert-OH is 1. The van der Waals surface area contributed by atoms with E-state index >= 15 is 0 Å². The molecule has 1 atom stereocenters. The van der Waals surface area contributed by atoms with E-state index in [0.29, 0.717) is 32.2 Å². The van der Waals surface area contributed by atoms with Crippen molar-refractivity contribution in [2.24, 2.45) is 5.92 Å². The number of hydrogen-bond acceptors (Lipinski definition) is 3. The Morgan fingerprint density at radius 2 is 2.12 bits per heavy atom. The maximum Gasteiger partial charge on any atom is 0.317 e. The Morgan fingerprint density at radius 3 is 2.75 bits per heavy atom. The summed E-state index contributed by atoms with van der Waals surface area (Å²) in [7, 11) is 0. The lowest BCUT2D eigenvalue weighted by Crippen LogP contribution is -2.45.